The van der Waals surface area contributed by atoms with Gasteiger partial charge in [0.1, 0.15) is 5.82 Å². The Morgan fingerprint density at radius 1 is 1.53 bits per heavy atom. The second kappa shape index (κ2) is 5.31. The highest BCUT2D eigenvalue weighted by atomic mass is 19.1. The van der Waals surface area contributed by atoms with Gasteiger partial charge in [0.25, 0.3) is 0 Å². The Kier molecular flexibility index (Phi) is 3.78. The summed E-state index contributed by atoms with van der Waals surface area (Å²) >= 11 is 0. The standard InChI is InChI=1S/C12H18FN3O/c13-5-3-9-8-16(6-4-11(9)17)12-2-1-10(14)7-15-12/h1-2,7,9,11,17H,3-6,8,14H2. The van der Waals surface area contributed by atoms with E-state index < -0.39 is 6.10 Å². The van der Waals surface area contributed by atoms with Crippen molar-refractivity contribution in [3.05, 3.63) is 18.3 Å². The number of hydrogen-bond acceptors (Lipinski definition) is 4. The fraction of sp³-hybridized carbons (Fsp3) is 0.583. The molecule has 4 nitrogen and oxygen atoms in total. The highest BCUT2D eigenvalue weighted by Gasteiger charge is 2.27. The van der Waals surface area contributed by atoms with Gasteiger partial charge in [-0.3, -0.25) is 4.39 Å². The van der Waals surface area contributed by atoms with Crippen LogP contribution in [-0.4, -0.2) is 36.0 Å². The SMILES string of the molecule is Nc1ccc(N2CCC(O)C(CCF)C2)nc1. The molecule has 1 aliphatic rings. The molecule has 0 saturated carbocycles. The van der Waals surface area contributed by atoms with Gasteiger partial charge in [-0.2, -0.15) is 0 Å². The molecule has 2 unspecified atom stereocenters. The minimum absolute atomic E-state index is 0.00639. The van der Waals surface area contributed by atoms with Crippen molar-refractivity contribution in [3.8, 4) is 0 Å². The number of anilines is 2. The maximum atomic E-state index is 12.4. The Labute approximate surface area is 100 Å². The van der Waals surface area contributed by atoms with E-state index in [4.69, 9.17) is 5.73 Å². The van der Waals surface area contributed by atoms with Crippen LogP contribution in [0.2, 0.25) is 0 Å². The number of aliphatic hydroxyl groups is 1. The van der Waals surface area contributed by atoms with Crippen LogP contribution in [0.25, 0.3) is 0 Å². The summed E-state index contributed by atoms with van der Waals surface area (Å²) < 4.78 is 12.4. The largest absolute Gasteiger partial charge is 0.397 e. The van der Waals surface area contributed by atoms with Crippen LogP contribution >= 0.6 is 0 Å². The van der Waals surface area contributed by atoms with E-state index in [0.717, 1.165) is 12.4 Å². The van der Waals surface area contributed by atoms with E-state index in [1.165, 1.54) is 0 Å². The molecule has 3 N–H and O–H groups in total. The molecule has 0 amide bonds. The Morgan fingerprint density at radius 2 is 2.35 bits per heavy atom. The fourth-order valence-electron chi connectivity index (χ4n) is 2.24. The van der Waals surface area contributed by atoms with Gasteiger partial charge in [-0.1, -0.05) is 0 Å². The predicted octanol–water partition coefficient (Wildman–Crippen LogP) is 1.21. The number of nitrogen functional groups attached to an aromatic ring is 1. The highest BCUT2D eigenvalue weighted by molar-refractivity contribution is 5.46. The summed E-state index contributed by atoms with van der Waals surface area (Å²) in [6.45, 7) is 1.02. The van der Waals surface area contributed by atoms with E-state index in [1.807, 2.05) is 6.07 Å². The van der Waals surface area contributed by atoms with E-state index in [-0.39, 0.29) is 12.6 Å². The summed E-state index contributed by atoms with van der Waals surface area (Å²) in [4.78, 5) is 6.32. The lowest BCUT2D eigenvalue weighted by Gasteiger charge is -2.36. The van der Waals surface area contributed by atoms with E-state index in [0.29, 0.717) is 25.1 Å². The molecule has 0 aromatic carbocycles. The molecular weight excluding hydrogens is 221 g/mol. The second-order valence-electron chi connectivity index (χ2n) is 4.49. The van der Waals surface area contributed by atoms with Crippen LogP contribution in [0.15, 0.2) is 18.3 Å². The molecule has 17 heavy (non-hydrogen) atoms. The van der Waals surface area contributed by atoms with E-state index in [9.17, 15) is 9.50 Å². The quantitative estimate of drug-likeness (QED) is 0.832. The highest BCUT2D eigenvalue weighted by Crippen LogP contribution is 2.24. The zero-order valence-corrected chi connectivity index (χ0v) is 9.72. The summed E-state index contributed by atoms with van der Waals surface area (Å²) in [7, 11) is 0. The van der Waals surface area contributed by atoms with Crippen molar-refractivity contribution >= 4 is 11.5 Å². The number of halogens is 1. The van der Waals surface area contributed by atoms with Crippen LogP contribution in [0, 0.1) is 5.92 Å². The van der Waals surface area contributed by atoms with Crippen molar-refractivity contribution in [2.45, 2.75) is 18.9 Å². The number of aliphatic hydroxyl groups excluding tert-OH is 1. The lowest BCUT2D eigenvalue weighted by molar-refractivity contribution is 0.0792. The Balaban J connectivity index is 2.04. The minimum atomic E-state index is -0.393. The summed E-state index contributed by atoms with van der Waals surface area (Å²) in [6, 6.07) is 3.66. The zero-order chi connectivity index (χ0) is 12.3. The summed E-state index contributed by atoms with van der Waals surface area (Å²) in [5.74, 6) is 0.836. The zero-order valence-electron chi connectivity index (χ0n) is 9.72. The van der Waals surface area contributed by atoms with E-state index in [1.54, 1.807) is 12.3 Å². The van der Waals surface area contributed by atoms with Crippen LogP contribution in [0.4, 0.5) is 15.9 Å². The van der Waals surface area contributed by atoms with Crippen LogP contribution in [0.1, 0.15) is 12.8 Å². The molecule has 1 aromatic heterocycles. The maximum absolute atomic E-state index is 12.4. The van der Waals surface area contributed by atoms with Crippen molar-refractivity contribution in [2.24, 2.45) is 5.92 Å². The van der Waals surface area contributed by atoms with Gasteiger partial charge >= 0.3 is 0 Å². The molecule has 1 aromatic rings. The van der Waals surface area contributed by atoms with Crippen molar-refractivity contribution in [1.82, 2.24) is 4.98 Å². The number of nitrogens with two attached hydrogens (primary N) is 1. The van der Waals surface area contributed by atoms with Gasteiger partial charge < -0.3 is 15.7 Å². The van der Waals surface area contributed by atoms with Gasteiger partial charge in [0.05, 0.1) is 24.7 Å². The van der Waals surface area contributed by atoms with Gasteiger partial charge in [-0.25, -0.2) is 4.98 Å². The smallest absolute Gasteiger partial charge is 0.128 e. The van der Waals surface area contributed by atoms with Crippen molar-refractivity contribution in [3.63, 3.8) is 0 Å². The van der Waals surface area contributed by atoms with Crippen molar-refractivity contribution < 1.29 is 9.50 Å². The van der Waals surface area contributed by atoms with Crippen LogP contribution in [0.3, 0.4) is 0 Å². The number of piperidine rings is 1. The number of nitrogens with zero attached hydrogens (tertiary/aromatic N) is 2. The molecular formula is C12H18FN3O. The topological polar surface area (TPSA) is 62.4 Å². The number of rotatable bonds is 3. The van der Waals surface area contributed by atoms with Crippen LogP contribution in [-0.2, 0) is 0 Å². The minimum Gasteiger partial charge on any atom is -0.397 e. The molecule has 0 aliphatic carbocycles. The Morgan fingerprint density at radius 3 is 3.00 bits per heavy atom. The summed E-state index contributed by atoms with van der Waals surface area (Å²) in [6.07, 6.45) is 2.30. The summed E-state index contributed by atoms with van der Waals surface area (Å²) in [5, 5.41) is 9.78. The molecule has 1 fully saturated rings. The van der Waals surface area contributed by atoms with Gasteiger partial charge in [-0.05, 0) is 25.0 Å². The monoisotopic (exact) mass is 239 g/mol. The first-order chi connectivity index (χ1) is 8.20. The molecule has 1 aliphatic heterocycles. The number of aromatic nitrogens is 1. The van der Waals surface area contributed by atoms with Crippen LogP contribution < -0.4 is 10.6 Å². The molecule has 0 spiro atoms. The summed E-state index contributed by atoms with van der Waals surface area (Å²) in [5.41, 5.74) is 6.21. The number of hydrogen-bond donors (Lipinski definition) is 2. The first-order valence-electron chi connectivity index (χ1n) is 5.91. The first-order valence-corrected chi connectivity index (χ1v) is 5.91. The van der Waals surface area contributed by atoms with Crippen molar-refractivity contribution in [2.75, 3.05) is 30.4 Å². The molecule has 2 rings (SSSR count). The van der Waals surface area contributed by atoms with E-state index >= 15 is 0 Å². The first kappa shape index (κ1) is 12.1. The van der Waals surface area contributed by atoms with Crippen LogP contribution in [0.5, 0.6) is 0 Å². The lowest BCUT2D eigenvalue weighted by Crippen LogP contribution is -2.43. The van der Waals surface area contributed by atoms with Crippen molar-refractivity contribution in [1.29, 1.82) is 0 Å². The Hall–Kier alpha value is -1.36. The number of alkyl halides is 1. The molecule has 2 heterocycles. The predicted molar refractivity (Wildman–Crippen MR) is 65.6 cm³/mol. The van der Waals surface area contributed by atoms with Gasteiger partial charge in [0.2, 0.25) is 0 Å². The maximum Gasteiger partial charge on any atom is 0.128 e. The third-order valence-electron chi connectivity index (χ3n) is 3.27. The molecule has 2 atom stereocenters. The third-order valence-corrected chi connectivity index (χ3v) is 3.27. The third kappa shape index (κ3) is 2.85. The van der Waals surface area contributed by atoms with Gasteiger partial charge in [0.15, 0.2) is 0 Å². The fourth-order valence-corrected chi connectivity index (χ4v) is 2.24. The van der Waals surface area contributed by atoms with Gasteiger partial charge in [0, 0.05) is 19.0 Å². The molecule has 1 saturated heterocycles. The van der Waals surface area contributed by atoms with Gasteiger partial charge in [-0.15, -0.1) is 0 Å². The second-order valence-corrected chi connectivity index (χ2v) is 4.49. The normalized spacial score (nSPS) is 24.9. The average molecular weight is 239 g/mol. The average Bonchev–Trinajstić information content (AvgIpc) is 2.33. The molecule has 94 valence electrons. The molecule has 5 heteroatoms. The molecule has 0 bridgehead atoms. The van der Waals surface area contributed by atoms with E-state index in [2.05, 4.69) is 9.88 Å². The molecule has 0 radical (unpaired) electrons. The lowest BCUT2D eigenvalue weighted by atomic mass is 9.92. The number of pyridine rings is 1. The Bertz CT molecular complexity index is 357.